The summed E-state index contributed by atoms with van der Waals surface area (Å²) in [6, 6.07) is -0.937. The second-order valence-corrected chi connectivity index (χ2v) is 5.32. The molecule has 0 fully saturated rings. The molecule has 0 heterocycles. The van der Waals surface area contributed by atoms with Crippen LogP contribution in [0.4, 0.5) is 0 Å². The van der Waals surface area contributed by atoms with Crippen LogP contribution in [0.25, 0.3) is 0 Å². The number of nitrogens with one attached hydrogen (secondary N) is 1. The highest BCUT2D eigenvalue weighted by molar-refractivity contribution is 7.90. The van der Waals surface area contributed by atoms with E-state index in [0.29, 0.717) is 6.42 Å². The predicted octanol–water partition coefficient (Wildman–Crippen LogP) is -2.14. The van der Waals surface area contributed by atoms with E-state index >= 15 is 0 Å². The quantitative estimate of drug-likeness (QED) is 0.446. The van der Waals surface area contributed by atoms with Gasteiger partial charge in [-0.15, -0.1) is 0 Å². The maximum absolute atomic E-state index is 11.0. The zero-order valence-electron chi connectivity index (χ0n) is 8.06. The molecule has 0 saturated carbocycles. The SMILES string of the molecule is CS(=O)(=O)CCCNC(=O)[C@@H](N)CO. The number of hydrogen-bond acceptors (Lipinski definition) is 5. The Morgan fingerprint density at radius 3 is 2.57 bits per heavy atom. The monoisotopic (exact) mass is 224 g/mol. The summed E-state index contributed by atoms with van der Waals surface area (Å²) >= 11 is 0. The van der Waals surface area contributed by atoms with Gasteiger partial charge in [0.25, 0.3) is 0 Å². The van der Waals surface area contributed by atoms with Gasteiger partial charge in [-0.2, -0.15) is 0 Å². The molecule has 84 valence electrons. The zero-order valence-corrected chi connectivity index (χ0v) is 8.88. The predicted molar refractivity (Wildman–Crippen MR) is 52.4 cm³/mol. The van der Waals surface area contributed by atoms with E-state index in [1.54, 1.807) is 0 Å². The molecule has 0 bridgehead atoms. The van der Waals surface area contributed by atoms with E-state index in [0.717, 1.165) is 6.26 Å². The van der Waals surface area contributed by atoms with Crippen LogP contribution >= 0.6 is 0 Å². The molecule has 1 atom stereocenters. The van der Waals surface area contributed by atoms with E-state index in [1.807, 2.05) is 0 Å². The molecule has 0 aromatic rings. The Bertz CT molecular complexity index is 275. The first-order valence-electron chi connectivity index (χ1n) is 4.18. The summed E-state index contributed by atoms with van der Waals surface area (Å²) in [5, 5.41) is 10.9. The fourth-order valence-electron chi connectivity index (χ4n) is 0.760. The highest BCUT2D eigenvalue weighted by Gasteiger charge is 2.10. The van der Waals surface area contributed by atoms with Crippen molar-refractivity contribution in [2.24, 2.45) is 5.73 Å². The number of hydrogen-bond donors (Lipinski definition) is 3. The Labute approximate surface area is 83.4 Å². The van der Waals surface area contributed by atoms with Crippen molar-refractivity contribution in [2.45, 2.75) is 12.5 Å². The van der Waals surface area contributed by atoms with Crippen molar-refractivity contribution < 1.29 is 18.3 Å². The number of aliphatic hydroxyl groups is 1. The van der Waals surface area contributed by atoms with Crippen molar-refractivity contribution in [1.82, 2.24) is 5.32 Å². The molecule has 0 spiro atoms. The zero-order chi connectivity index (χ0) is 11.2. The minimum absolute atomic E-state index is 0.0294. The van der Waals surface area contributed by atoms with Crippen LogP contribution in [-0.4, -0.2) is 50.6 Å². The van der Waals surface area contributed by atoms with Crippen LogP contribution in [0.2, 0.25) is 0 Å². The van der Waals surface area contributed by atoms with Crippen molar-refractivity contribution in [1.29, 1.82) is 0 Å². The molecule has 0 aromatic heterocycles. The van der Waals surface area contributed by atoms with Crippen LogP contribution < -0.4 is 11.1 Å². The van der Waals surface area contributed by atoms with Crippen molar-refractivity contribution in [2.75, 3.05) is 25.2 Å². The number of carbonyl (C=O) groups excluding carboxylic acids is 1. The van der Waals surface area contributed by atoms with Gasteiger partial charge in [0, 0.05) is 12.8 Å². The Kier molecular flexibility index (Phi) is 5.66. The van der Waals surface area contributed by atoms with Crippen LogP contribution in [0.3, 0.4) is 0 Å². The summed E-state index contributed by atoms with van der Waals surface area (Å²) in [6.07, 6.45) is 1.48. The molecule has 6 nitrogen and oxygen atoms in total. The molecule has 0 unspecified atom stereocenters. The van der Waals surface area contributed by atoms with E-state index < -0.39 is 28.4 Å². The van der Waals surface area contributed by atoms with Gasteiger partial charge in [0.2, 0.25) is 5.91 Å². The minimum Gasteiger partial charge on any atom is -0.394 e. The smallest absolute Gasteiger partial charge is 0.239 e. The van der Waals surface area contributed by atoms with Crippen LogP contribution in [0, 0.1) is 0 Å². The maximum Gasteiger partial charge on any atom is 0.239 e. The first kappa shape index (κ1) is 13.3. The van der Waals surface area contributed by atoms with E-state index in [4.69, 9.17) is 10.8 Å². The number of amides is 1. The van der Waals surface area contributed by atoms with Crippen molar-refractivity contribution in [3.05, 3.63) is 0 Å². The molecule has 0 aliphatic rings. The summed E-state index contributed by atoms with van der Waals surface area (Å²) in [6.45, 7) is -0.169. The normalized spacial score (nSPS) is 13.6. The lowest BCUT2D eigenvalue weighted by molar-refractivity contribution is -0.123. The standard InChI is InChI=1S/C7H16N2O4S/c1-14(12,13)4-2-3-9-7(11)6(8)5-10/h6,10H,2-5,8H2,1H3,(H,9,11)/t6-/m0/s1. The van der Waals surface area contributed by atoms with Gasteiger partial charge in [0.05, 0.1) is 12.4 Å². The van der Waals surface area contributed by atoms with Crippen LogP contribution in [0.15, 0.2) is 0 Å². The van der Waals surface area contributed by atoms with Crippen molar-refractivity contribution >= 4 is 15.7 Å². The third-order valence-corrected chi connectivity index (χ3v) is 2.55. The average Bonchev–Trinajstić information content (AvgIpc) is 2.09. The molecule has 0 aliphatic carbocycles. The van der Waals surface area contributed by atoms with Gasteiger partial charge >= 0.3 is 0 Å². The molecule has 0 saturated heterocycles. The number of aliphatic hydroxyl groups excluding tert-OH is 1. The summed E-state index contributed by atoms with van der Waals surface area (Å²) in [5.41, 5.74) is 5.20. The highest BCUT2D eigenvalue weighted by Crippen LogP contribution is 1.87. The fourth-order valence-corrected chi connectivity index (χ4v) is 1.43. The van der Waals surface area contributed by atoms with Gasteiger partial charge in [-0.3, -0.25) is 4.79 Å². The van der Waals surface area contributed by atoms with Gasteiger partial charge in [-0.05, 0) is 6.42 Å². The molecule has 7 heteroatoms. The molecule has 1 amide bonds. The summed E-state index contributed by atoms with van der Waals surface area (Å²) in [7, 11) is -2.98. The molecular formula is C7H16N2O4S. The fraction of sp³-hybridized carbons (Fsp3) is 0.857. The lowest BCUT2D eigenvalue weighted by Crippen LogP contribution is -2.43. The summed E-state index contributed by atoms with van der Waals surface area (Å²) in [5.74, 6) is -0.442. The van der Waals surface area contributed by atoms with E-state index in [2.05, 4.69) is 5.32 Å². The van der Waals surface area contributed by atoms with E-state index in [1.165, 1.54) is 0 Å². The van der Waals surface area contributed by atoms with E-state index in [9.17, 15) is 13.2 Å². The van der Waals surface area contributed by atoms with Gasteiger partial charge in [-0.1, -0.05) is 0 Å². The number of rotatable bonds is 6. The molecule has 0 rings (SSSR count). The minimum atomic E-state index is -2.98. The first-order chi connectivity index (χ1) is 6.37. The molecule has 14 heavy (non-hydrogen) atoms. The highest BCUT2D eigenvalue weighted by atomic mass is 32.2. The topological polar surface area (TPSA) is 109 Å². The van der Waals surface area contributed by atoms with Crippen LogP contribution in [0.5, 0.6) is 0 Å². The molecule has 4 N–H and O–H groups in total. The van der Waals surface area contributed by atoms with Crippen LogP contribution in [0.1, 0.15) is 6.42 Å². The van der Waals surface area contributed by atoms with Gasteiger partial charge in [0.1, 0.15) is 15.9 Å². The molecular weight excluding hydrogens is 208 g/mol. The summed E-state index contributed by atoms with van der Waals surface area (Å²) in [4.78, 5) is 11.0. The van der Waals surface area contributed by atoms with Gasteiger partial charge in [-0.25, -0.2) is 8.42 Å². The average molecular weight is 224 g/mol. The van der Waals surface area contributed by atoms with Crippen LogP contribution in [-0.2, 0) is 14.6 Å². The van der Waals surface area contributed by atoms with Gasteiger partial charge < -0.3 is 16.2 Å². The third-order valence-electron chi connectivity index (χ3n) is 1.52. The number of sulfone groups is 1. The third kappa shape index (κ3) is 6.81. The van der Waals surface area contributed by atoms with Crippen molar-refractivity contribution in [3.63, 3.8) is 0 Å². The molecule has 0 radical (unpaired) electrons. The molecule has 0 aromatic carbocycles. The lowest BCUT2D eigenvalue weighted by Gasteiger charge is -2.08. The Balaban J connectivity index is 3.61. The van der Waals surface area contributed by atoms with Crippen molar-refractivity contribution in [3.8, 4) is 0 Å². The largest absolute Gasteiger partial charge is 0.394 e. The maximum atomic E-state index is 11.0. The second-order valence-electron chi connectivity index (χ2n) is 3.06. The second kappa shape index (κ2) is 5.94. The number of carbonyl (C=O) groups is 1. The first-order valence-corrected chi connectivity index (χ1v) is 6.24. The van der Waals surface area contributed by atoms with Gasteiger partial charge in [0.15, 0.2) is 0 Å². The Morgan fingerprint density at radius 1 is 1.57 bits per heavy atom. The molecule has 0 aliphatic heterocycles. The Hall–Kier alpha value is -0.660. The summed E-state index contributed by atoms with van der Waals surface area (Å²) < 4.78 is 21.4. The Morgan fingerprint density at radius 2 is 2.14 bits per heavy atom. The lowest BCUT2D eigenvalue weighted by atomic mass is 10.3. The van der Waals surface area contributed by atoms with E-state index in [-0.39, 0.29) is 12.3 Å². The number of nitrogens with two attached hydrogens (primary N) is 1.